The largest absolute Gasteiger partial charge is 0.495 e. The third-order valence-corrected chi connectivity index (χ3v) is 8.96. The van der Waals surface area contributed by atoms with Crippen molar-refractivity contribution in [3.05, 3.63) is 76.3 Å². The van der Waals surface area contributed by atoms with Crippen LogP contribution in [0.25, 0.3) is 0 Å². The Bertz CT molecular complexity index is 1570. The molecular formula is C31H37Cl2N3O7S. The summed E-state index contributed by atoms with van der Waals surface area (Å²) >= 11 is 12.4. The molecule has 44 heavy (non-hydrogen) atoms. The fourth-order valence-electron chi connectivity index (χ4n) is 4.56. The van der Waals surface area contributed by atoms with E-state index in [1.807, 2.05) is 13.8 Å². The topological polar surface area (TPSA) is 114 Å². The van der Waals surface area contributed by atoms with Gasteiger partial charge in [0.05, 0.1) is 31.9 Å². The number of hydrogen-bond acceptors (Lipinski definition) is 7. The Morgan fingerprint density at radius 1 is 0.841 bits per heavy atom. The van der Waals surface area contributed by atoms with E-state index in [9.17, 15) is 18.0 Å². The first-order valence-electron chi connectivity index (χ1n) is 13.8. The van der Waals surface area contributed by atoms with Crippen LogP contribution in [0.5, 0.6) is 17.2 Å². The molecule has 0 fully saturated rings. The highest BCUT2D eigenvalue weighted by Gasteiger charge is 2.35. The second-order valence-electron chi connectivity index (χ2n) is 10.1. The predicted octanol–water partition coefficient (Wildman–Crippen LogP) is 5.55. The van der Waals surface area contributed by atoms with Crippen LogP contribution < -0.4 is 23.8 Å². The van der Waals surface area contributed by atoms with E-state index < -0.39 is 28.5 Å². The van der Waals surface area contributed by atoms with Gasteiger partial charge in [0.15, 0.2) is 11.5 Å². The molecule has 0 radical (unpaired) electrons. The molecule has 0 aliphatic heterocycles. The lowest BCUT2D eigenvalue weighted by Gasteiger charge is -2.34. The maximum absolute atomic E-state index is 14.3. The number of rotatable bonds is 14. The molecule has 3 aromatic carbocycles. The Kier molecular flexibility index (Phi) is 12.2. The van der Waals surface area contributed by atoms with Crippen molar-refractivity contribution < 1.29 is 32.2 Å². The number of hydrogen-bond donors (Lipinski definition) is 1. The molecule has 0 saturated carbocycles. The maximum Gasteiger partial charge on any atom is 0.265 e. The van der Waals surface area contributed by atoms with Crippen molar-refractivity contribution in [3.8, 4) is 17.2 Å². The maximum atomic E-state index is 14.3. The van der Waals surface area contributed by atoms with E-state index in [1.165, 1.54) is 56.6 Å². The van der Waals surface area contributed by atoms with E-state index in [0.29, 0.717) is 16.3 Å². The monoisotopic (exact) mass is 665 g/mol. The summed E-state index contributed by atoms with van der Waals surface area (Å²) in [5, 5.41) is 3.60. The first-order valence-corrected chi connectivity index (χ1v) is 16.0. The van der Waals surface area contributed by atoms with Gasteiger partial charge >= 0.3 is 0 Å². The first-order chi connectivity index (χ1) is 20.9. The van der Waals surface area contributed by atoms with Gasteiger partial charge in [-0.1, -0.05) is 42.3 Å². The average Bonchev–Trinajstić information content (AvgIpc) is 2.99. The number of nitrogens with zero attached hydrogens (tertiary/aromatic N) is 2. The van der Waals surface area contributed by atoms with Crippen molar-refractivity contribution in [2.75, 3.05) is 32.2 Å². The molecule has 0 heterocycles. The van der Waals surface area contributed by atoms with Crippen molar-refractivity contribution in [2.45, 2.75) is 50.7 Å². The Morgan fingerprint density at radius 2 is 1.43 bits per heavy atom. The van der Waals surface area contributed by atoms with E-state index in [2.05, 4.69) is 5.32 Å². The number of anilines is 1. The van der Waals surface area contributed by atoms with Crippen LogP contribution in [-0.4, -0.2) is 65.1 Å². The predicted molar refractivity (Wildman–Crippen MR) is 171 cm³/mol. The number of carbonyl (C=O) groups excluding carboxylic acids is 2. The van der Waals surface area contributed by atoms with Gasteiger partial charge in [0.2, 0.25) is 11.8 Å². The lowest BCUT2D eigenvalue weighted by atomic mass is 10.1. The molecule has 10 nitrogen and oxygen atoms in total. The Morgan fingerprint density at radius 3 is 2.00 bits per heavy atom. The van der Waals surface area contributed by atoms with Gasteiger partial charge < -0.3 is 24.4 Å². The molecule has 2 amide bonds. The normalized spacial score (nSPS) is 11.9. The van der Waals surface area contributed by atoms with Gasteiger partial charge in [0, 0.05) is 28.7 Å². The first kappa shape index (κ1) is 34.8. The Hall–Kier alpha value is -3.67. The van der Waals surface area contributed by atoms with Crippen molar-refractivity contribution in [2.24, 2.45) is 0 Å². The number of carbonyl (C=O) groups is 2. The highest BCUT2D eigenvalue weighted by molar-refractivity contribution is 7.92. The number of amides is 2. The van der Waals surface area contributed by atoms with Gasteiger partial charge in [-0.05, 0) is 68.3 Å². The molecule has 1 N–H and O–H groups in total. The molecule has 1 atom stereocenters. The zero-order valence-corrected chi connectivity index (χ0v) is 27.8. The van der Waals surface area contributed by atoms with Gasteiger partial charge in [0.1, 0.15) is 18.3 Å². The highest BCUT2D eigenvalue weighted by atomic mass is 35.5. The lowest BCUT2D eigenvalue weighted by Crippen LogP contribution is -2.53. The average molecular weight is 667 g/mol. The van der Waals surface area contributed by atoms with Crippen molar-refractivity contribution in [3.63, 3.8) is 0 Å². The van der Waals surface area contributed by atoms with Crippen LogP contribution >= 0.6 is 23.2 Å². The minimum Gasteiger partial charge on any atom is -0.495 e. The van der Waals surface area contributed by atoms with Gasteiger partial charge in [-0.3, -0.25) is 13.9 Å². The summed E-state index contributed by atoms with van der Waals surface area (Å²) in [6, 6.07) is 14.3. The summed E-state index contributed by atoms with van der Waals surface area (Å²) in [7, 11) is -0.246. The molecule has 238 valence electrons. The van der Waals surface area contributed by atoms with E-state index in [4.69, 9.17) is 37.4 Å². The van der Waals surface area contributed by atoms with Crippen LogP contribution in [0.4, 0.5) is 5.69 Å². The van der Waals surface area contributed by atoms with Crippen LogP contribution in [0.2, 0.25) is 10.0 Å². The number of halogens is 2. The number of nitrogens with one attached hydrogen (secondary N) is 1. The Labute approximate surface area is 268 Å². The molecule has 0 aliphatic rings. The SMILES string of the molecule is CC[C@H](C(=O)NC(C)C)N(Cc1ccc(Cl)cc1)C(=O)CN(c1cc(Cl)ccc1OC)S(=O)(=O)c1ccc(OC)c(OC)c1. The molecular weight excluding hydrogens is 629 g/mol. The summed E-state index contributed by atoms with van der Waals surface area (Å²) < 4.78 is 45.6. The standard InChI is InChI=1S/C31H37Cl2N3O7S/c1-7-25(31(38)34-20(2)3)35(18-21-8-10-22(32)11-9-21)30(37)19-36(26-16-23(33)12-14-27(26)41-4)44(39,40)24-13-15-28(42-5)29(17-24)43-6/h8-17,20,25H,7,18-19H2,1-6H3,(H,34,38)/t25-/m1/s1. The molecule has 0 spiro atoms. The summed E-state index contributed by atoms with van der Waals surface area (Å²) in [6.45, 7) is 4.77. The molecule has 0 unspecified atom stereocenters. The molecule has 0 aliphatic carbocycles. The molecule has 13 heteroatoms. The zero-order chi connectivity index (χ0) is 32.6. The number of methoxy groups -OCH3 is 3. The molecule has 3 rings (SSSR count). The van der Waals surface area contributed by atoms with Gasteiger partial charge in [0.25, 0.3) is 10.0 Å². The van der Waals surface area contributed by atoms with E-state index >= 15 is 0 Å². The van der Waals surface area contributed by atoms with Gasteiger partial charge in [-0.2, -0.15) is 0 Å². The number of benzene rings is 3. The minimum absolute atomic E-state index is 0.0248. The summed E-state index contributed by atoms with van der Waals surface area (Å²) in [5.41, 5.74) is 0.738. The third kappa shape index (κ3) is 8.28. The lowest BCUT2D eigenvalue weighted by molar-refractivity contribution is -0.140. The highest BCUT2D eigenvalue weighted by Crippen LogP contribution is 2.37. The van der Waals surface area contributed by atoms with Gasteiger partial charge in [-0.25, -0.2) is 8.42 Å². The summed E-state index contributed by atoms with van der Waals surface area (Å²) in [5.74, 6) is -0.319. The zero-order valence-electron chi connectivity index (χ0n) is 25.5. The van der Waals surface area contributed by atoms with E-state index in [0.717, 1.165) is 4.31 Å². The van der Waals surface area contributed by atoms with Crippen LogP contribution in [0, 0.1) is 0 Å². The van der Waals surface area contributed by atoms with Gasteiger partial charge in [-0.15, -0.1) is 0 Å². The molecule has 0 aromatic heterocycles. The van der Waals surface area contributed by atoms with Crippen LogP contribution in [0.15, 0.2) is 65.6 Å². The number of sulfonamides is 1. The molecule has 0 saturated heterocycles. The molecule has 3 aromatic rings. The van der Waals surface area contributed by atoms with Crippen molar-refractivity contribution in [1.82, 2.24) is 10.2 Å². The second kappa shape index (κ2) is 15.4. The van der Waals surface area contributed by atoms with Crippen LogP contribution in [-0.2, 0) is 26.2 Å². The minimum atomic E-state index is -4.45. The smallest absolute Gasteiger partial charge is 0.265 e. The third-order valence-electron chi connectivity index (χ3n) is 6.71. The summed E-state index contributed by atoms with van der Waals surface area (Å²) in [4.78, 5) is 28.8. The Balaban J connectivity index is 2.17. The molecule has 0 bridgehead atoms. The van der Waals surface area contributed by atoms with Crippen LogP contribution in [0.1, 0.15) is 32.8 Å². The second-order valence-corrected chi connectivity index (χ2v) is 12.8. The fraction of sp³-hybridized carbons (Fsp3) is 0.355. The van der Waals surface area contributed by atoms with Crippen molar-refractivity contribution >= 4 is 50.7 Å². The fourth-order valence-corrected chi connectivity index (χ4v) is 6.29. The number of ether oxygens (including phenoxy) is 3. The van der Waals surface area contributed by atoms with E-state index in [-0.39, 0.29) is 52.0 Å². The van der Waals surface area contributed by atoms with Crippen molar-refractivity contribution in [1.29, 1.82) is 0 Å². The quantitative estimate of drug-likeness (QED) is 0.240. The summed E-state index contributed by atoms with van der Waals surface area (Å²) in [6.07, 6.45) is 0.279. The van der Waals surface area contributed by atoms with Crippen LogP contribution in [0.3, 0.4) is 0 Å². The van der Waals surface area contributed by atoms with E-state index in [1.54, 1.807) is 37.3 Å².